The fraction of sp³-hybridized carbons (Fsp3) is 0.292. The molecule has 0 aliphatic carbocycles. The van der Waals surface area contributed by atoms with Gasteiger partial charge in [0.15, 0.2) is 11.6 Å². The van der Waals surface area contributed by atoms with Gasteiger partial charge in [-0.2, -0.15) is 10.2 Å². The third-order valence-electron chi connectivity index (χ3n) is 6.41. The van der Waals surface area contributed by atoms with Crippen LogP contribution < -0.4 is 10.6 Å². The lowest BCUT2D eigenvalue weighted by atomic mass is 9.73. The highest BCUT2D eigenvalue weighted by molar-refractivity contribution is 6.08. The molecule has 168 valence electrons. The lowest BCUT2D eigenvalue weighted by Crippen LogP contribution is -2.66. The van der Waals surface area contributed by atoms with E-state index in [0.717, 1.165) is 22.2 Å². The molecule has 5 rings (SSSR count). The number of rotatable bonds is 7. The van der Waals surface area contributed by atoms with Crippen molar-refractivity contribution in [1.82, 2.24) is 24.4 Å². The summed E-state index contributed by atoms with van der Waals surface area (Å²) in [5.74, 6) is -0.0316. The Morgan fingerprint density at radius 1 is 1.09 bits per heavy atom. The Morgan fingerprint density at radius 2 is 1.85 bits per heavy atom. The largest absolute Gasteiger partial charge is 0.369 e. The van der Waals surface area contributed by atoms with Gasteiger partial charge in [0.2, 0.25) is 5.91 Å². The highest BCUT2D eigenvalue weighted by Crippen LogP contribution is 2.38. The summed E-state index contributed by atoms with van der Waals surface area (Å²) in [6.45, 7) is 2.46. The number of amides is 1. The van der Waals surface area contributed by atoms with Gasteiger partial charge in [-0.05, 0) is 25.0 Å². The van der Waals surface area contributed by atoms with Crippen LogP contribution in [-0.2, 0) is 23.1 Å². The summed E-state index contributed by atoms with van der Waals surface area (Å²) < 4.78 is 3.48. The number of nitrogens with zero attached hydrogens (tertiary/aromatic N) is 6. The Morgan fingerprint density at radius 3 is 2.52 bits per heavy atom. The zero-order valence-electron chi connectivity index (χ0n) is 18.6. The van der Waals surface area contributed by atoms with Crippen molar-refractivity contribution in [2.75, 3.05) is 18.0 Å². The number of benzene rings is 1. The molecule has 9 heteroatoms. The summed E-state index contributed by atoms with van der Waals surface area (Å²) >= 11 is 0. The molecule has 1 aromatic carbocycles. The molecule has 0 unspecified atom stereocenters. The van der Waals surface area contributed by atoms with Gasteiger partial charge >= 0.3 is 0 Å². The first-order valence-electron chi connectivity index (χ1n) is 10.8. The summed E-state index contributed by atoms with van der Waals surface area (Å²) in [4.78, 5) is 31.8. The molecule has 1 aliphatic rings. The molecule has 0 spiro atoms. The van der Waals surface area contributed by atoms with Gasteiger partial charge in [0, 0.05) is 50.1 Å². The maximum Gasteiger partial charge on any atom is 0.234 e. The number of aromatic nitrogens is 5. The maximum absolute atomic E-state index is 13.1. The van der Waals surface area contributed by atoms with Crippen LogP contribution in [0.5, 0.6) is 0 Å². The van der Waals surface area contributed by atoms with E-state index in [2.05, 4.69) is 15.2 Å². The van der Waals surface area contributed by atoms with Crippen LogP contribution in [0.1, 0.15) is 17.5 Å². The summed E-state index contributed by atoms with van der Waals surface area (Å²) in [6.07, 6.45) is 7.95. The van der Waals surface area contributed by atoms with E-state index in [4.69, 9.17) is 5.73 Å². The van der Waals surface area contributed by atoms with E-state index in [0.29, 0.717) is 12.2 Å². The molecule has 33 heavy (non-hydrogen) atoms. The topological polar surface area (TPSA) is 111 Å². The average molecular weight is 444 g/mol. The number of Topliss-reactive ketones (excluding diaryl/α,β-unsaturated/α-hetero) is 1. The Kier molecular flexibility index (Phi) is 4.96. The first-order chi connectivity index (χ1) is 15.9. The van der Waals surface area contributed by atoms with Crippen LogP contribution in [0.4, 0.5) is 5.82 Å². The number of primary amides is 1. The van der Waals surface area contributed by atoms with E-state index in [-0.39, 0.29) is 25.3 Å². The molecule has 0 bridgehead atoms. The Labute approximate surface area is 190 Å². The molecule has 9 nitrogen and oxygen atoms in total. The van der Waals surface area contributed by atoms with Crippen molar-refractivity contribution in [2.24, 2.45) is 18.2 Å². The number of nitrogens with two attached hydrogens (primary N) is 1. The first-order valence-corrected chi connectivity index (χ1v) is 10.8. The second-order valence-corrected chi connectivity index (χ2v) is 8.76. The van der Waals surface area contributed by atoms with Gasteiger partial charge in [0.1, 0.15) is 17.3 Å². The zero-order chi connectivity index (χ0) is 23.2. The van der Waals surface area contributed by atoms with Gasteiger partial charge in [-0.1, -0.05) is 29.8 Å². The van der Waals surface area contributed by atoms with Crippen molar-refractivity contribution >= 4 is 23.0 Å². The van der Waals surface area contributed by atoms with Crippen molar-refractivity contribution in [2.45, 2.75) is 19.8 Å². The molecular formula is C24H25N7O2. The number of anilines is 1. The number of fused-ring (bicyclic) bond motifs is 1. The van der Waals surface area contributed by atoms with E-state index in [1.807, 2.05) is 61.6 Å². The van der Waals surface area contributed by atoms with Crippen LogP contribution in [0.25, 0.3) is 16.6 Å². The number of aryl methyl sites for hydroxylation is 3. The molecule has 0 atom stereocenters. The lowest BCUT2D eigenvalue weighted by Gasteiger charge is -2.47. The molecule has 1 fully saturated rings. The molecule has 2 N–H and O–H groups in total. The Bertz CT molecular complexity index is 1350. The van der Waals surface area contributed by atoms with Crippen molar-refractivity contribution in [3.05, 3.63) is 66.4 Å². The van der Waals surface area contributed by atoms with Gasteiger partial charge in [0.05, 0.1) is 6.20 Å². The van der Waals surface area contributed by atoms with Crippen molar-refractivity contribution in [1.29, 1.82) is 0 Å². The average Bonchev–Trinajstić information content (AvgIpc) is 3.39. The van der Waals surface area contributed by atoms with Crippen LogP contribution in [0.15, 0.2) is 55.2 Å². The standard InChI is InChI=1S/C24H25N7O2/c1-16-3-5-17(6-4-16)7-8-21(32)24(23(25)33)13-30(14-24)22-20-9-18(12-31(20)28-15-26-22)19-10-27-29(2)11-19/h3-6,9-12,15H,7-8,13-14H2,1-2H3,(H2,25,33). The fourth-order valence-corrected chi connectivity index (χ4v) is 4.37. The molecule has 1 amide bonds. The molecule has 0 saturated carbocycles. The molecule has 1 aliphatic heterocycles. The Hall–Kier alpha value is -4.01. The molecule has 4 aromatic rings. The summed E-state index contributed by atoms with van der Waals surface area (Å²) in [7, 11) is 1.86. The maximum atomic E-state index is 13.1. The van der Waals surface area contributed by atoms with E-state index in [9.17, 15) is 9.59 Å². The zero-order valence-corrected chi connectivity index (χ0v) is 18.6. The fourth-order valence-electron chi connectivity index (χ4n) is 4.37. The second-order valence-electron chi connectivity index (χ2n) is 8.76. The smallest absolute Gasteiger partial charge is 0.234 e. The molecule has 0 radical (unpaired) electrons. The van der Waals surface area contributed by atoms with Crippen LogP contribution in [-0.4, -0.2) is 49.2 Å². The molecule has 1 saturated heterocycles. The minimum absolute atomic E-state index is 0.122. The van der Waals surface area contributed by atoms with E-state index in [1.165, 1.54) is 11.9 Å². The van der Waals surface area contributed by atoms with E-state index < -0.39 is 11.3 Å². The van der Waals surface area contributed by atoms with Crippen molar-refractivity contribution in [3.8, 4) is 11.1 Å². The third kappa shape index (κ3) is 3.65. The van der Waals surface area contributed by atoms with Gasteiger partial charge in [-0.15, -0.1) is 0 Å². The number of ketones is 1. The molecular weight excluding hydrogens is 418 g/mol. The summed E-state index contributed by atoms with van der Waals surface area (Å²) in [6, 6.07) is 10.0. The van der Waals surface area contributed by atoms with Gasteiger partial charge in [-0.3, -0.25) is 14.3 Å². The minimum atomic E-state index is -1.19. The minimum Gasteiger partial charge on any atom is -0.369 e. The number of carbonyl (C=O) groups is 2. The quantitative estimate of drug-likeness (QED) is 0.437. The summed E-state index contributed by atoms with van der Waals surface area (Å²) in [5.41, 5.74) is 9.49. The highest BCUT2D eigenvalue weighted by Gasteiger charge is 2.54. The second kappa shape index (κ2) is 7.84. The number of hydrogen-bond acceptors (Lipinski definition) is 6. The van der Waals surface area contributed by atoms with Crippen LogP contribution >= 0.6 is 0 Å². The first kappa shape index (κ1) is 20.9. The highest BCUT2D eigenvalue weighted by atomic mass is 16.2. The predicted molar refractivity (Wildman–Crippen MR) is 124 cm³/mol. The third-order valence-corrected chi connectivity index (χ3v) is 6.41. The summed E-state index contributed by atoms with van der Waals surface area (Å²) in [5, 5.41) is 8.53. The van der Waals surface area contributed by atoms with Crippen LogP contribution in [0, 0.1) is 12.3 Å². The number of carbonyl (C=O) groups excluding carboxylic acids is 2. The number of hydrogen-bond donors (Lipinski definition) is 1. The molecule has 4 heterocycles. The monoisotopic (exact) mass is 443 g/mol. The van der Waals surface area contributed by atoms with Crippen LogP contribution in [0.3, 0.4) is 0 Å². The molecule has 3 aromatic heterocycles. The lowest BCUT2D eigenvalue weighted by molar-refractivity contribution is -0.142. The van der Waals surface area contributed by atoms with Crippen LogP contribution in [0.2, 0.25) is 0 Å². The van der Waals surface area contributed by atoms with Gasteiger partial charge in [0.25, 0.3) is 0 Å². The van der Waals surface area contributed by atoms with E-state index >= 15 is 0 Å². The van der Waals surface area contributed by atoms with Crippen molar-refractivity contribution in [3.63, 3.8) is 0 Å². The SMILES string of the molecule is Cc1ccc(CCC(=O)C2(C(N)=O)CN(c3ncnn4cc(-c5cnn(C)c5)cc34)C2)cc1. The van der Waals surface area contributed by atoms with E-state index in [1.54, 1.807) is 15.4 Å². The normalized spacial score (nSPS) is 14.9. The predicted octanol–water partition coefficient (Wildman–Crippen LogP) is 1.93. The Balaban J connectivity index is 1.35. The van der Waals surface area contributed by atoms with Crippen molar-refractivity contribution < 1.29 is 9.59 Å². The van der Waals surface area contributed by atoms with Gasteiger partial charge in [-0.25, -0.2) is 9.50 Å². The van der Waals surface area contributed by atoms with Gasteiger partial charge < -0.3 is 10.6 Å².